The highest BCUT2D eigenvalue weighted by Gasteiger charge is 2.46. The summed E-state index contributed by atoms with van der Waals surface area (Å²) >= 11 is 0. The van der Waals surface area contributed by atoms with E-state index in [-0.39, 0.29) is 37.5 Å². The Bertz CT molecular complexity index is 1470. The number of ether oxygens (including phenoxy) is 2. The lowest BCUT2D eigenvalue weighted by Crippen LogP contribution is -2.55. The van der Waals surface area contributed by atoms with E-state index in [4.69, 9.17) is 9.47 Å². The van der Waals surface area contributed by atoms with Gasteiger partial charge in [-0.1, -0.05) is 105 Å². The Labute approximate surface area is 278 Å². The molecule has 0 aromatic heterocycles. The minimum atomic E-state index is -1.01. The maximum absolute atomic E-state index is 13.8. The van der Waals surface area contributed by atoms with E-state index in [1.807, 2.05) is 105 Å². The van der Waals surface area contributed by atoms with Gasteiger partial charge < -0.3 is 20.1 Å². The number of carbonyl (C=O) groups excluding carboxylic acids is 4. The lowest BCUT2D eigenvalue weighted by Gasteiger charge is -2.28. The normalized spacial score (nSPS) is 16.8. The van der Waals surface area contributed by atoms with Crippen LogP contribution in [0, 0.1) is 5.92 Å². The second-order valence-corrected chi connectivity index (χ2v) is 13.5. The lowest BCUT2D eigenvalue weighted by molar-refractivity contribution is -0.149. The summed E-state index contributed by atoms with van der Waals surface area (Å²) in [5.74, 6) is -1.39. The Morgan fingerprint density at radius 3 is 1.96 bits per heavy atom. The molecule has 0 bridgehead atoms. The molecule has 4 rings (SSSR count). The molecule has 0 aliphatic heterocycles. The number of rotatable bonds is 14. The molecular weight excluding hydrogens is 594 g/mol. The molecule has 250 valence electrons. The van der Waals surface area contributed by atoms with Gasteiger partial charge in [0.1, 0.15) is 30.8 Å². The number of nitrogens with one attached hydrogen (secondary N) is 2. The third kappa shape index (κ3) is 11.3. The molecule has 3 aromatic rings. The molecule has 1 fully saturated rings. The zero-order chi connectivity index (χ0) is 34.0. The largest absolute Gasteiger partial charge is 0.459 e. The van der Waals surface area contributed by atoms with Crippen molar-refractivity contribution in [3.63, 3.8) is 0 Å². The van der Waals surface area contributed by atoms with Gasteiger partial charge in [0.15, 0.2) is 0 Å². The minimum Gasteiger partial charge on any atom is -0.459 e. The van der Waals surface area contributed by atoms with Gasteiger partial charge in [0.2, 0.25) is 11.8 Å². The Morgan fingerprint density at radius 2 is 1.38 bits per heavy atom. The zero-order valence-electron chi connectivity index (χ0n) is 28.0. The van der Waals surface area contributed by atoms with Crippen molar-refractivity contribution < 1.29 is 28.7 Å². The van der Waals surface area contributed by atoms with Crippen molar-refractivity contribution in [3.05, 3.63) is 108 Å². The van der Waals surface area contributed by atoms with E-state index in [9.17, 15) is 19.2 Å². The molecule has 0 spiro atoms. The number of nitrogens with zero attached hydrogens (tertiary/aromatic N) is 1. The fourth-order valence-electron chi connectivity index (χ4n) is 5.46. The monoisotopic (exact) mass is 641 g/mol. The van der Waals surface area contributed by atoms with Crippen LogP contribution in [0.25, 0.3) is 0 Å². The molecule has 9 nitrogen and oxygen atoms in total. The zero-order valence-corrected chi connectivity index (χ0v) is 28.0. The van der Waals surface area contributed by atoms with Crippen molar-refractivity contribution >= 4 is 23.9 Å². The first kappa shape index (κ1) is 35.2. The van der Waals surface area contributed by atoms with Gasteiger partial charge in [0.05, 0.1) is 0 Å². The van der Waals surface area contributed by atoms with Crippen molar-refractivity contribution in [2.75, 3.05) is 6.54 Å². The molecule has 0 heterocycles. The van der Waals surface area contributed by atoms with E-state index >= 15 is 0 Å². The van der Waals surface area contributed by atoms with Crippen LogP contribution in [0.5, 0.6) is 0 Å². The SMILES string of the molecule is CC(C)C[C@@H](NC(=O)[C@@H](Cc1ccccc1)NC(=O)CN(C(=O)OC(C)(C)C)[C@H]1C[C@@H]1c1ccccc1)C(=O)OCc1ccccc1. The van der Waals surface area contributed by atoms with E-state index in [0.717, 1.165) is 16.7 Å². The highest BCUT2D eigenvalue weighted by atomic mass is 16.6. The molecule has 0 saturated heterocycles. The standard InChI is InChI=1S/C38H47N3O6/c1-26(2)21-32(36(44)46-25-28-17-11-7-12-18-28)40-35(43)31(22-27-15-9-6-10-16-27)39-34(42)24-41(37(45)47-38(3,4)5)33-23-30(33)29-19-13-8-14-20-29/h6-20,26,30-33H,21-25H2,1-5H3,(H,39,42)(H,40,43)/t30-,31-,32-,33+/m1/s1. The smallest absolute Gasteiger partial charge is 0.411 e. The van der Waals surface area contributed by atoms with Gasteiger partial charge in [-0.05, 0) is 56.2 Å². The van der Waals surface area contributed by atoms with Crippen molar-refractivity contribution in [3.8, 4) is 0 Å². The summed E-state index contributed by atoms with van der Waals surface area (Å²) in [6.45, 7) is 9.06. The van der Waals surface area contributed by atoms with Crippen LogP contribution >= 0.6 is 0 Å². The summed E-state index contributed by atoms with van der Waals surface area (Å²) in [4.78, 5) is 55.4. The summed E-state index contributed by atoms with van der Waals surface area (Å²) in [5.41, 5.74) is 2.00. The van der Waals surface area contributed by atoms with Crippen LogP contribution in [0.1, 0.15) is 70.1 Å². The molecule has 2 N–H and O–H groups in total. The summed E-state index contributed by atoms with van der Waals surface area (Å²) in [6.07, 6.45) is 0.666. The number of benzene rings is 3. The highest BCUT2D eigenvalue weighted by Crippen LogP contribution is 2.45. The molecule has 4 atom stereocenters. The number of amides is 3. The number of hydrogen-bond acceptors (Lipinski definition) is 6. The fraction of sp³-hybridized carbons (Fsp3) is 0.421. The summed E-state index contributed by atoms with van der Waals surface area (Å²) < 4.78 is 11.3. The number of esters is 1. The maximum Gasteiger partial charge on any atom is 0.411 e. The summed E-state index contributed by atoms with van der Waals surface area (Å²) in [5, 5.41) is 5.70. The van der Waals surface area contributed by atoms with E-state index in [1.165, 1.54) is 4.90 Å². The van der Waals surface area contributed by atoms with Crippen LogP contribution in [0.2, 0.25) is 0 Å². The molecule has 1 saturated carbocycles. The van der Waals surface area contributed by atoms with Gasteiger partial charge in [-0.15, -0.1) is 0 Å². The van der Waals surface area contributed by atoms with E-state index < -0.39 is 41.6 Å². The van der Waals surface area contributed by atoms with Gasteiger partial charge in [-0.25, -0.2) is 9.59 Å². The van der Waals surface area contributed by atoms with Gasteiger partial charge in [-0.3, -0.25) is 14.5 Å². The molecule has 47 heavy (non-hydrogen) atoms. The topological polar surface area (TPSA) is 114 Å². The van der Waals surface area contributed by atoms with Crippen LogP contribution in [0.15, 0.2) is 91.0 Å². The van der Waals surface area contributed by atoms with Crippen molar-refractivity contribution in [1.29, 1.82) is 0 Å². The average molecular weight is 642 g/mol. The quantitative estimate of drug-likeness (QED) is 0.216. The van der Waals surface area contributed by atoms with Crippen LogP contribution < -0.4 is 10.6 Å². The minimum absolute atomic E-state index is 0.0821. The van der Waals surface area contributed by atoms with Crippen LogP contribution in [0.4, 0.5) is 4.79 Å². The Kier molecular flexibility index (Phi) is 12.2. The number of hydrogen-bond donors (Lipinski definition) is 2. The predicted octanol–water partition coefficient (Wildman–Crippen LogP) is 5.78. The third-order valence-electron chi connectivity index (χ3n) is 7.79. The Hall–Kier alpha value is -4.66. The molecule has 9 heteroatoms. The first-order chi connectivity index (χ1) is 22.4. The van der Waals surface area contributed by atoms with Gasteiger partial charge in [0.25, 0.3) is 0 Å². The second-order valence-electron chi connectivity index (χ2n) is 13.5. The van der Waals surface area contributed by atoms with Crippen molar-refractivity contribution in [2.45, 2.75) is 90.1 Å². The molecule has 0 radical (unpaired) electrons. The molecule has 0 unspecified atom stereocenters. The molecule has 3 aromatic carbocycles. The number of carbonyl (C=O) groups is 4. The lowest BCUT2D eigenvalue weighted by atomic mass is 10.0. The first-order valence-electron chi connectivity index (χ1n) is 16.3. The maximum atomic E-state index is 13.8. The highest BCUT2D eigenvalue weighted by molar-refractivity contribution is 5.92. The molecular formula is C38H47N3O6. The molecule has 1 aliphatic rings. The second kappa shape index (κ2) is 16.3. The van der Waals surface area contributed by atoms with E-state index in [0.29, 0.717) is 12.8 Å². The fourth-order valence-corrected chi connectivity index (χ4v) is 5.46. The Morgan fingerprint density at radius 1 is 0.809 bits per heavy atom. The van der Waals surface area contributed by atoms with Crippen LogP contribution in [-0.4, -0.2) is 59.0 Å². The van der Waals surface area contributed by atoms with Crippen LogP contribution in [-0.2, 0) is 36.9 Å². The third-order valence-corrected chi connectivity index (χ3v) is 7.79. The molecule has 3 amide bonds. The van der Waals surface area contributed by atoms with Gasteiger partial charge in [-0.2, -0.15) is 0 Å². The van der Waals surface area contributed by atoms with E-state index in [2.05, 4.69) is 10.6 Å². The van der Waals surface area contributed by atoms with E-state index in [1.54, 1.807) is 20.8 Å². The first-order valence-corrected chi connectivity index (χ1v) is 16.3. The predicted molar refractivity (Wildman–Crippen MR) is 180 cm³/mol. The summed E-state index contributed by atoms with van der Waals surface area (Å²) in [6, 6.07) is 26.4. The van der Waals surface area contributed by atoms with Crippen molar-refractivity contribution in [1.82, 2.24) is 15.5 Å². The Balaban J connectivity index is 1.49. The van der Waals surface area contributed by atoms with Crippen molar-refractivity contribution in [2.24, 2.45) is 5.92 Å². The summed E-state index contributed by atoms with van der Waals surface area (Å²) in [7, 11) is 0. The van der Waals surface area contributed by atoms with Crippen LogP contribution in [0.3, 0.4) is 0 Å². The molecule has 1 aliphatic carbocycles. The average Bonchev–Trinajstić information content (AvgIpc) is 3.83. The van der Waals surface area contributed by atoms with Gasteiger partial charge in [0, 0.05) is 18.4 Å². The van der Waals surface area contributed by atoms with Gasteiger partial charge >= 0.3 is 12.1 Å².